The van der Waals surface area contributed by atoms with Gasteiger partial charge in [-0.05, 0) is 23.3 Å². The number of esters is 1. The van der Waals surface area contributed by atoms with Gasteiger partial charge in [0, 0.05) is 6.42 Å². The number of hydrogen-bond acceptors (Lipinski definition) is 4. The number of nitriles is 1. The average molecular weight is 281 g/mol. The van der Waals surface area contributed by atoms with Crippen LogP contribution in [0.15, 0.2) is 54.6 Å². The highest BCUT2D eigenvalue weighted by molar-refractivity contribution is 5.74. The van der Waals surface area contributed by atoms with Gasteiger partial charge in [-0.15, -0.1) is 0 Å². The zero-order valence-electron chi connectivity index (χ0n) is 11.4. The van der Waals surface area contributed by atoms with Crippen molar-refractivity contribution in [2.75, 3.05) is 0 Å². The van der Waals surface area contributed by atoms with Crippen LogP contribution < -0.4 is 0 Å². The minimum atomic E-state index is -1.21. The van der Waals surface area contributed by atoms with E-state index < -0.39 is 12.1 Å². The Hall–Kier alpha value is -2.64. The Morgan fingerprint density at radius 1 is 1.10 bits per heavy atom. The summed E-state index contributed by atoms with van der Waals surface area (Å²) in [6.07, 6.45) is -1.04. The van der Waals surface area contributed by atoms with E-state index in [0.717, 1.165) is 11.1 Å². The van der Waals surface area contributed by atoms with Crippen molar-refractivity contribution in [2.45, 2.75) is 19.1 Å². The van der Waals surface area contributed by atoms with Gasteiger partial charge in [-0.25, -0.2) is 4.79 Å². The van der Waals surface area contributed by atoms with Crippen LogP contribution in [-0.2, 0) is 22.6 Å². The first-order chi connectivity index (χ1) is 10.2. The fraction of sp³-hybridized carbons (Fsp3) is 0.176. The SMILES string of the molecule is N#Cc1ccc(CC(O)C(=O)OCc2ccccc2)cc1. The summed E-state index contributed by atoms with van der Waals surface area (Å²) in [7, 11) is 0. The van der Waals surface area contributed by atoms with E-state index in [4.69, 9.17) is 10.00 Å². The number of aliphatic hydroxyl groups excluding tert-OH is 1. The summed E-state index contributed by atoms with van der Waals surface area (Å²) < 4.78 is 5.07. The first-order valence-corrected chi connectivity index (χ1v) is 6.56. The second-order valence-electron chi connectivity index (χ2n) is 4.62. The van der Waals surface area contributed by atoms with E-state index in [0.29, 0.717) is 5.56 Å². The van der Waals surface area contributed by atoms with Gasteiger partial charge >= 0.3 is 5.97 Å². The molecule has 4 nitrogen and oxygen atoms in total. The third-order valence-corrected chi connectivity index (χ3v) is 3.01. The number of rotatable bonds is 5. The first kappa shape index (κ1) is 14.8. The van der Waals surface area contributed by atoms with Crippen LogP contribution in [0.1, 0.15) is 16.7 Å². The van der Waals surface area contributed by atoms with Crippen molar-refractivity contribution >= 4 is 5.97 Å². The highest BCUT2D eigenvalue weighted by Crippen LogP contribution is 2.08. The molecule has 0 saturated carbocycles. The molecule has 0 aliphatic rings. The Labute approximate surface area is 123 Å². The number of hydrogen-bond donors (Lipinski definition) is 1. The van der Waals surface area contributed by atoms with E-state index in [9.17, 15) is 9.90 Å². The summed E-state index contributed by atoms with van der Waals surface area (Å²) in [5, 5.41) is 18.5. The fourth-order valence-electron chi connectivity index (χ4n) is 1.85. The van der Waals surface area contributed by atoms with Gasteiger partial charge in [0.15, 0.2) is 6.10 Å². The predicted octanol–water partition coefficient (Wildman–Crippen LogP) is 2.21. The van der Waals surface area contributed by atoms with Crippen LogP contribution in [-0.4, -0.2) is 17.2 Å². The highest BCUT2D eigenvalue weighted by Gasteiger charge is 2.17. The molecule has 1 N–H and O–H groups in total. The Kier molecular flexibility index (Phi) is 5.08. The van der Waals surface area contributed by atoms with Crippen molar-refractivity contribution in [1.82, 2.24) is 0 Å². The molecule has 2 aromatic carbocycles. The van der Waals surface area contributed by atoms with E-state index in [2.05, 4.69) is 0 Å². The molecule has 0 spiro atoms. The van der Waals surface area contributed by atoms with Gasteiger partial charge < -0.3 is 9.84 Å². The maximum Gasteiger partial charge on any atom is 0.335 e. The van der Waals surface area contributed by atoms with Gasteiger partial charge in [0.1, 0.15) is 6.61 Å². The van der Waals surface area contributed by atoms with Crippen molar-refractivity contribution in [2.24, 2.45) is 0 Å². The van der Waals surface area contributed by atoms with Crippen molar-refractivity contribution < 1.29 is 14.6 Å². The molecule has 0 amide bonds. The van der Waals surface area contributed by atoms with Gasteiger partial charge in [-0.1, -0.05) is 42.5 Å². The van der Waals surface area contributed by atoms with Crippen molar-refractivity contribution in [3.05, 3.63) is 71.3 Å². The summed E-state index contributed by atoms with van der Waals surface area (Å²) in [6, 6.07) is 18.0. The number of aliphatic hydroxyl groups is 1. The van der Waals surface area contributed by atoms with Crippen LogP contribution in [0, 0.1) is 11.3 Å². The van der Waals surface area contributed by atoms with Crippen LogP contribution in [0.25, 0.3) is 0 Å². The van der Waals surface area contributed by atoms with Gasteiger partial charge in [0.25, 0.3) is 0 Å². The Morgan fingerprint density at radius 3 is 2.38 bits per heavy atom. The molecule has 0 bridgehead atoms. The molecule has 0 aromatic heterocycles. The quantitative estimate of drug-likeness (QED) is 0.853. The molecule has 4 heteroatoms. The summed E-state index contributed by atoms with van der Waals surface area (Å²) in [5.41, 5.74) is 2.19. The second-order valence-corrected chi connectivity index (χ2v) is 4.62. The molecule has 106 valence electrons. The van der Waals surface area contributed by atoms with Gasteiger partial charge in [-0.2, -0.15) is 5.26 Å². The van der Waals surface area contributed by atoms with E-state index >= 15 is 0 Å². The second kappa shape index (κ2) is 7.22. The lowest BCUT2D eigenvalue weighted by molar-refractivity contribution is -0.154. The molecule has 2 rings (SSSR count). The van der Waals surface area contributed by atoms with Gasteiger partial charge in [-0.3, -0.25) is 0 Å². The lowest BCUT2D eigenvalue weighted by Gasteiger charge is -2.11. The minimum Gasteiger partial charge on any atom is -0.459 e. The lowest BCUT2D eigenvalue weighted by Crippen LogP contribution is -2.25. The molecule has 1 unspecified atom stereocenters. The van der Waals surface area contributed by atoms with E-state index in [-0.39, 0.29) is 13.0 Å². The normalized spacial score (nSPS) is 11.4. The zero-order chi connectivity index (χ0) is 15.1. The number of benzene rings is 2. The molecule has 0 fully saturated rings. The van der Waals surface area contributed by atoms with E-state index in [1.54, 1.807) is 24.3 Å². The van der Waals surface area contributed by atoms with Gasteiger partial charge in [0.2, 0.25) is 0 Å². The molecule has 2 aromatic rings. The monoisotopic (exact) mass is 281 g/mol. The molecule has 0 radical (unpaired) electrons. The highest BCUT2D eigenvalue weighted by atomic mass is 16.5. The minimum absolute atomic E-state index is 0.143. The Bertz CT molecular complexity index is 629. The molecular formula is C17H15NO3. The van der Waals surface area contributed by atoms with Crippen LogP contribution in [0.2, 0.25) is 0 Å². The molecule has 0 aliphatic heterocycles. The summed E-state index contributed by atoms with van der Waals surface area (Å²) in [4.78, 5) is 11.7. The number of ether oxygens (including phenoxy) is 1. The predicted molar refractivity (Wildman–Crippen MR) is 77.1 cm³/mol. The smallest absolute Gasteiger partial charge is 0.335 e. The Morgan fingerprint density at radius 2 is 1.76 bits per heavy atom. The summed E-state index contributed by atoms with van der Waals surface area (Å²) >= 11 is 0. The van der Waals surface area contributed by atoms with Crippen molar-refractivity contribution in [3.63, 3.8) is 0 Å². The average Bonchev–Trinajstić information content (AvgIpc) is 2.54. The van der Waals surface area contributed by atoms with Crippen molar-refractivity contribution in [3.8, 4) is 6.07 Å². The van der Waals surface area contributed by atoms with Crippen LogP contribution >= 0.6 is 0 Å². The number of nitrogens with zero attached hydrogens (tertiary/aromatic N) is 1. The van der Waals surface area contributed by atoms with E-state index in [1.807, 2.05) is 36.4 Å². The summed E-state index contributed by atoms with van der Waals surface area (Å²) in [6.45, 7) is 0.143. The number of carbonyl (C=O) groups excluding carboxylic acids is 1. The molecule has 1 atom stereocenters. The van der Waals surface area contributed by atoms with Crippen molar-refractivity contribution in [1.29, 1.82) is 5.26 Å². The molecule has 0 heterocycles. The first-order valence-electron chi connectivity index (χ1n) is 6.56. The third-order valence-electron chi connectivity index (χ3n) is 3.01. The lowest BCUT2D eigenvalue weighted by atomic mass is 10.1. The number of carbonyl (C=O) groups is 1. The summed E-state index contributed by atoms with van der Waals surface area (Å²) in [5.74, 6) is -0.650. The maximum atomic E-state index is 11.7. The molecule has 21 heavy (non-hydrogen) atoms. The Balaban J connectivity index is 1.86. The van der Waals surface area contributed by atoms with Crippen LogP contribution in [0.4, 0.5) is 0 Å². The largest absolute Gasteiger partial charge is 0.459 e. The van der Waals surface area contributed by atoms with E-state index in [1.165, 1.54) is 0 Å². The maximum absolute atomic E-state index is 11.7. The standard InChI is InChI=1S/C17H15NO3/c18-11-14-8-6-13(7-9-14)10-16(19)17(20)21-12-15-4-2-1-3-5-15/h1-9,16,19H,10,12H2. The molecule has 0 saturated heterocycles. The fourth-order valence-corrected chi connectivity index (χ4v) is 1.85. The van der Waals surface area contributed by atoms with Crippen LogP contribution in [0.5, 0.6) is 0 Å². The third kappa shape index (κ3) is 4.44. The molecular weight excluding hydrogens is 266 g/mol. The molecule has 0 aliphatic carbocycles. The zero-order valence-corrected chi connectivity index (χ0v) is 11.4. The van der Waals surface area contributed by atoms with Gasteiger partial charge in [0.05, 0.1) is 11.6 Å². The van der Waals surface area contributed by atoms with Crippen LogP contribution in [0.3, 0.4) is 0 Å². The topological polar surface area (TPSA) is 70.3 Å².